The largest absolute Gasteiger partial charge is 0.206 e. The molecule has 5 heteroatoms. The molecule has 0 saturated heterocycles. The summed E-state index contributed by atoms with van der Waals surface area (Å²) < 4.78 is 105. The zero-order valence-corrected chi connectivity index (χ0v) is 18.2. The van der Waals surface area contributed by atoms with Crippen molar-refractivity contribution in [3.05, 3.63) is 58.4 Å². The Morgan fingerprint density at radius 2 is 1.44 bits per heavy atom. The van der Waals surface area contributed by atoms with E-state index in [9.17, 15) is 17.6 Å². The maximum atomic E-state index is 15.3. The van der Waals surface area contributed by atoms with Crippen LogP contribution in [0.3, 0.4) is 0 Å². The molecule has 1 saturated carbocycles. The molecule has 174 valence electrons. The van der Waals surface area contributed by atoms with Gasteiger partial charge >= 0.3 is 0 Å². The number of hydrogen-bond acceptors (Lipinski definition) is 0. The SMILES string of the molecule is [2H]C1([2H])CC(CCC)CC([2H])([2H])C1CCC1CCc2c(cc(F)c(-c3cc(F)c(F)c(F)c3)c2F)C1. The Kier molecular flexibility index (Phi) is 5.74. The summed E-state index contributed by atoms with van der Waals surface area (Å²) >= 11 is 0. The van der Waals surface area contributed by atoms with Gasteiger partial charge in [0.25, 0.3) is 0 Å². The Labute approximate surface area is 192 Å². The Morgan fingerprint density at radius 1 is 0.781 bits per heavy atom. The molecule has 2 aromatic rings. The van der Waals surface area contributed by atoms with Gasteiger partial charge in [-0.1, -0.05) is 51.8 Å². The smallest absolute Gasteiger partial charge is 0.194 e. The third-order valence-corrected chi connectivity index (χ3v) is 6.86. The van der Waals surface area contributed by atoms with Crippen LogP contribution in [0.15, 0.2) is 18.2 Å². The lowest BCUT2D eigenvalue weighted by Crippen LogP contribution is -2.19. The Hall–Kier alpha value is -1.91. The topological polar surface area (TPSA) is 0 Å². The molecule has 1 fully saturated rings. The first-order valence-corrected chi connectivity index (χ1v) is 11.5. The highest BCUT2D eigenvalue weighted by Gasteiger charge is 2.28. The molecule has 1 atom stereocenters. The average Bonchev–Trinajstić information content (AvgIpc) is 2.75. The highest BCUT2D eigenvalue weighted by Crippen LogP contribution is 2.39. The normalized spacial score (nSPS) is 28.2. The number of halogens is 5. The summed E-state index contributed by atoms with van der Waals surface area (Å²) in [6, 6.07) is 2.32. The van der Waals surface area contributed by atoms with Crippen molar-refractivity contribution in [3.8, 4) is 11.1 Å². The lowest BCUT2D eigenvalue weighted by Gasteiger charge is -2.31. The summed E-state index contributed by atoms with van der Waals surface area (Å²) in [5, 5.41) is 0. The molecule has 0 heterocycles. The van der Waals surface area contributed by atoms with Crippen molar-refractivity contribution < 1.29 is 27.4 Å². The van der Waals surface area contributed by atoms with E-state index in [2.05, 4.69) is 0 Å². The van der Waals surface area contributed by atoms with E-state index in [1.54, 1.807) is 0 Å². The lowest BCUT2D eigenvalue weighted by molar-refractivity contribution is 0.235. The van der Waals surface area contributed by atoms with Gasteiger partial charge in [0.05, 0.1) is 5.56 Å². The molecule has 4 rings (SSSR count). The first kappa shape index (κ1) is 18.5. The van der Waals surface area contributed by atoms with Gasteiger partial charge in [0.2, 0.25) is 0 Å². The second kappa shape index (κ2) is 9.93. The van der Waals surface area contributed by atoms with E-state index in [0.717, 1.165) is 18.9 Å². The van der Waals surface area contributed by atoms with Crippen molar-refractivity contribution in [1.82, 2.24) is 0 Å². The van der Waals surface area contributed by atoms with Crippen LogP contribution in [0, 0.1) is 46.8 Å². The van der Waals surface area contributed by atoms with E-state index in [0.29, 0.717) is 56.2 Å². The molecule has 2 aliphatic rings. The molecule has 0 aliphatic heterocycles. The molecular weight excluding hydrogens is 419 g/mol. The fourth-order valence-corrected chi connectivity index (χ4v) is 5.11. The molecule has 2 aliphatic carbocycles. The van der Waals surface area contributed by atoms with Crippen molar-refractivity contribution in [2.24, 2.45) is 17.8 Å². The van der Waals surface area contributed by atoms with Crippen LogP contribution >= 0.6 is 0 Å². The monoisotopic (exact) mass is 454 g/mol. The molecule has 0 aromatic heterocycles. The van der Waals surface area contributed by atoms with Crippen molar-refractivity contribution in [1.29, 1.82) is 0 Å². The van der Waals surface area contributed by atoms with Gasteiger partial charge in [-0.05, 0) is 78.3 Å². The van der Waals surface area contributed by atoms with E-state index < -0.39 is 58.9 Å². The molecule has 0 nitrogen and oxygen atoms in total. The third kappa shape index (κ3) is 4.87. The molecule has 32 heavy (non-hydrogen) atoms. The van der Waals surface area contributed by atoms with Gasteiger partial charge in [0.15, 0.2) is 17.5 Å². The summed E-state index contributed by atoms with van der Waals surface area (Å²) in [4.78, 5) is 0. The van der Waals surface area contributed by atoms with Gasteiger partial charge in [0.1, 0.15) is 11.6 Å². The quantitative estimate of drug-likeness (QED) is 0.303. The summed E-state index contributed by atoms with van der Waals surface area (Å²) in [6.07, 6.45) is 1.26. The number of hydrogen-bond donors (Lipinski definition) is 0. The van der Waals surface area contributed by atoms with Crippen LogP contribution in [0.1, 0.15) is 81.2 Å². The number of benzene rings is 2. The number of rotatable bonds is 6. The van der Waals surface area contributed by atoms with Crippen molar-refractivity contribution in [2.75, 3.05) is 0 Å². The van der Waals surface area contributed by atoms with Gasteiger partial charge in [-0.2, -0.15) is 0 Å². The maximum absolute atomic E-state index is 15.3. The fourth-order valence-electron chi connectivity index (χ4n) is 5.11. The number of fused-ring (bicyclic) bond motifs is 1. The van der Waals surface area contributed by atoms with Crippen molar-refractivity contribution in [3.63, 3.8) is 0 Å². The minimum atomic E-state index is -1.70. The third-order valence-electron chi connectivity index (χ3n) is 6.86. The molecule has 0 bridgehead atoms. The van der Waals surface area contributed by atoms with E-state index in [-0.39, 0.29) is 23.8 Å². The van der Waals surface area contributed by atoms with E-state index in [4.69, 9.17) is 5.48 Å². The molecule has 0 amide bonds. The van der Waals surface area contributed by atoms with Gasteiger partial charge < -0.3 is 0 Å². The maximum Gasteiger partial charge on any atom is 0.194 e. The van der Waals surface area contributed by atoms with Crippen LogP contribution in [0.2, 0.25) is 0 Å². The minimum absolute atomic E-state index is 0.0165. The fraction of sp³-hybridized carbons (Fsp3) is 0.556. The van der Waals surface area contributed by atoms with Gasteiger partial charge in [-0.3, -0.25) is 0 Å². The standard InChI is InChI=1S/C27H31F5/c1-2-3-16-4-6-17(7-5-16)8-9-18-10-11-21-19(12-18)13-22(28)25(26(21)31)20-14-23(29)27(32)24(30)15-20/h13-18H,2-12H2,1H3/i6D2,7D2. The van der Waals surface area contributed by atoms with Gasteiger partial charge in [0, 0.05) is 5.48 Å². The van der Waals surface area contributed by atoms with Crippen LogP contribution in [0.25, 0.3) is 11.1 Å². The highest BCUT2D eigenvalue weighted by molar-refractivity contribution is 5.67. The summed E-state index contributed by atoms with van der Waals surface area (Å²) in [6.45, 7) is 2.02. The average molecular weight is 455 g/mol. The molecule has 2 aromatic carbocycles. The van der Waals surface area contributed by atoms with E-state index in [1.165, 1.54) is 0 Å². The second-order valence-corrected chi connectivity index (χ2v) is 9.15. The zero-order valence-electron chi connectivity index (χ0n) is 22.2. The van der Waals surface area contributed by atoms with Crippen molar-refractivity contribution >= 4 is 0 Å². The van der Waals surface area contributed by atoms with Gasteiger partial charge in [-0.15, -0.1) is 0 Å². The molecule has 0 radical (unpaired) electrons. The first-order chi connectivity index (χ1) is 16.8. The van der Waals surface area contributed by atoms with E-state index >= 15 is 4.39 Å². The Balaban J connectivity index is 1.51. The first-order valence-electron chi connectivity index (χ1n) is 13.5. The van der Waals surface area contributed by atoms with Crippen molar-refractivity contribution in [2.45, 2.75) is 77.5 Å². The summed E-state index contributed by atoms with van der Waals surface area (Å²) in [5.74, 6) is -7.33. The summed E-state index contributed by atoms with van der Waals surface area (Å²) in [7, 11) is 0. The Morgan fingerprint density at radius 3 is 2.09 bits per heavy atom. The predicted octanol–water partition coefficient (Wildman–Crippen LogP) is 8.54. The molecular formula is C27H31F5. The lowest BCUT2D eigenvalue weighted by atomic mass is 9.75. The molecule has 0 spiro atoms. The zero-order chi connectivity index (χ0) is 26.4. The van der Waals surface area contributed by atoms with Crippen LogP contribution in [-0.4, -0.2) is 0 Å². The minimum Gasteiger partial charge on any atom is -0.206 e. The van der Waals surface area contributed by atoms with Crippen LogP contribution in [-0.2, 0) is 12.8 Å². The van der Waals surface area contributed by atoms with E-state index in [1.807, 2.05) is 6.92 Å². The van der Waals surface area contributed by atoms with Crippen LogP contribution < -0.4 is 0 Å². The highest BCUT2D eigenvalue weighted by atomic mass is 19.2. The second-order valence-electron chi connectivity index (χ2n) is 9.15. The van der Waals surface area contributed by atoms with Gasteiger partial charge in [-0.25, -0.2) is 22.0 Å². The molecule has 0 N–H and O–H groups in total. The summed E-state index contributed by atoms with van der Waals surface area (Å²) in [5.41, 5.74) is -0.283. The predicted molar refractivity (Wildman–Crippen MR) is 117 cm³/mol. The Bertz CT molecular complexity index is 1090. The molecule has 1 unspecified atom stereocenters. The van der Waals surface area contributed by atoms with Crippen LogP contribution in [0.4, 0.5) is 22.0 Å². The van der Waals surface area contributed by atoms with Crippen LogP contribution in [0.5, 0.6) is 0 Å².